The average molecular weight is 543 g/mol. The molecule has 1 saturated carbocycles. The van der Waals surface area contributed by atoms with E-state index in [9.17, 15) is 40.0 Å². The maximum absolute atomic E-state index is 13.8. The number of nitrogens with one attached hydrogen (secondary N) is 1. The normalized spacial score (nSPS) is 25.9. The molecule has 12 nitrogen and oxygen atoms in total. The van der Waals surface area contributed by atoms with Gasteiger partial charge in [-0.1, -0.05) is 25.9 Å². The topological polar surface area (TPSA) is 206 Å². The molecule has 4 rings (SSSR count). The Kier molecular flexibility index (Phi) is 6.76. The predicted octanol–water partition coefficient (Wildman–Crippen LogP) is 1.07. The number of aliphatic hydroxyl groups is 3. The van der Waals surface area contributed by atoms with Crippen molar-refractivity contribution >= 4 is 34.6 Å². The van der Waals surface area contributed by atoms with E-state index in [0.29, 0.717) is 23.4 Å². The van der Waals surface area contributed by atoms with Crippen LogP contribution < -0.4 is 16.0 Å². The van der Waals surface area contributed by atoms with E-state index in [2.05, 4.69) is 31.2 Å². The number of hydrogen-bond acceptors (Lipinski definition) is 11. The second-order valence-corrected chi connectivity index (χ2v) is 11.8. The fraction of sp³-hybridized carbons (Fsp3) is 0.481. The van der Waals surface area contributed by atoms with Crippen molar-refractivity contribution in [1.82, 2.24) is 5.32 Å². The van der Waals surface area contributed by atoms with E-state index in [-0.39, 0.29) is 41.7 Å². The summed E-state index contributed by atoms with van der Waals surface area (Å²) in [5.74, 6) is -8.21. The highest BCUT2D eigenvalue weighted by molar-refractivity contribution is 6.38. The summed E-state index contributed by atoms with van der Waals surface area (Å²) in [4.78, 5) is 40.7. The van der Waals surface area contributed by atoms with E-state index in [4.69, 9.17) is 5.73 Å². The van der Waals surface area contributed by atoms with Gasteiger partial charge in [0.05, 0.1) is 11.5 Å². The molecule has 0 aliphatic heterocycles. The van der Waals surface area contributed by atoms with E-state index >= 15 is 0 Å². The van der Waals surface area contributed by atoms with Gasteiger partial charge in [0.2, 0.25) is 11.6 Å². The molecule has 12 heteroatoms. The number of nitrogens with two attached hydrogens (primary N) is 1. The summed E-state index contributed by atoms with van der Waals surface area (Å²) in [6, 6.07) is 1.79. The van der Waals surface area contributed by atoms with Crippen LogP contribution in [0.4, 0.5) is 5.69 Å². The van der Waals surface area contributed by atoms with Crippen LogP contribution in [0, 0.1) is 17.3 Å². The Morgan fingerprint density at radius 2 is 1.82 bits per heavy atom. The van der Waals surface area contributed by atoms with Crippen molar-refractivity contribution in [2.24, 2.45) is 28.1 Å². The van der Waals surface area contributed by atoms with Gasteiger partial charge in [-0.15, -0.1) is 0 Å². The molecule has 0 unspecified atom stereocenters. The number of rotatable bonds is 5. The van der Waals surface area contributed by atoms with E-state index in [1.54, 1.807) is 20.2 Å². The minimum Gasteiger partial charge on any atom is -0.507 e. The first kappa shape index (κ1) is 28.1. The number of phenolic OH excluding ortho intramolecular Hbond substituents is 1. The lowest BCUT2D eigenvalue weighted by Gasteiger charge is -2.45. The standard InChI is InChI=1S/C27H34N4O8/c1-26(2,3)10-29-9-12-8-15(31(4)5)13-6-11-7-14-19(30-39)22(34)18(25(28)37)24(36)27(14,38)23(35)16(11)21(33)17(13)20(12)32/h8,11,14,29,32-34,38-39H,6-7,9-10H2,1-5H3,(H2,28,37)/t11-,14-,27-/m0/s1. The minimum absolute atomic E-state index is 0.0169. The minimum atomic E-state index is -2.96. The lowest BCUT2D eigenvalue weighted by Crippen LogP contribution is -2.64. The summed E-state index contributed by atoms with van der Waals surface area (Å²) in [6.45, 7) is 7.07. The Hall–Kier alpha value is -3.90. The predicted molar refractivity (Wildman–Crippen MR) is 141 cm³/mol. The summed E-state index contributed by atoms with van der Waals surface area (Å²) in [7, 11) is 3.59. The molecule has 0 spiro atoms. The van der Waals surface area contributed by atoms with Gasteiger partial charge in [0.1, 0.15) is 22.8 Å². The second kappa shape index (κ2) is 9.38. The van der Waals surface area contributed by atoms with Gasteiger partial charge in [-0.05, 0) is 35.8 Å². The van der Waals surface area contributed by atoms with E-state index in [1.807, 2.05) is 4.90 Å². The van der Waals surface area contributed by atoms with Crippen LogP contribution in [0.1, 0.15) is 43.9 Å². The third-order valence-electron chi connectivity index (χ3n) is 7.62. The number of hydrogen-bond donors (Lipinski definition) is 7. The van der Waals surface area contributed by atoms with Crippen molar-refractivity contribution in [3.8, 4) is 5.75 Å². The molecule has 0 radical (unpaired) electrons. The van der Waals surface area contributed by atoms with Gasteiger partial charge in [0, 0.05) is 44.0 Å². The zero-order chi connectivity index (χ0) is 29.2. The largest absolute Gasteiger partial charge is 0.507 e. The van der Waals surface area contributed by atoms with E-state index < -0.39 is 57.7 Å². The number of carbonyl (C=O) groups excluding carboxylic acids is 3. The fourth-order valence-corrected chi connectivity index (χ4v) is 5.82. The first-order valence-electron chi connectivity index (χ1n) is 12.5. The lowest BCUT2D eigenvalue weighted by atomic mass is 9.58. The van der Waals surface area contributed by atoms with Crippen LogP contribution in [0.3, 0.4) is 0 Å². The number of oxime groups is 1. The molecule has 0 heterocycles. The molecule has 1 aromatic rings. The number of anilines is 1. The van der Waals surface area contributed by atoms with Crippen molar-refractivity contribution in [2.75, 3.05) is 25.5 Å². The van der Waals surface area contributed by atoms with Crippen molar-refractivity contribution in [3.05, 3.63) is 39.7 Å². The van der Waals surface area contributed by atoms with Crippen LogP contribution in [0.5, 0.6) is 5.75 Å². The number of primary amides is 1. The third kappa shape index (κ3) is 4.23. The summed E-state index contributed by atoms with van der Waals surface area (Å²) >= 11 is 0. The average Bonchev–Trinajstić information content (AvgIpc) is 2.81. The SMILES string of the molecule is CN(C)c1cc(CNCC(C)(C)C)c(O)c2c1C[C@H]1C[C@H]3C(=NO)C(O)=C(C(N)=O)C(=O)[C@@]3(O)C(=O)C1=C2O. The number of aliphatic hydroxyl groups excluding tert-OH is 2. The van der Waals surface area contributed by atoms with Gasteiger partial charge in [-0.25, -0.2) is 0 Å². The Balaban J connectivity index is 1.90. The molecule has 1 aromatic carbocycles. The molecule has 3 atom stereocenters. The highest BCUT2D eigenvalue weighted by atomic mass is 16.4. The van der Waals surface area contributed by atoms with Crippen LogP contribution in [0.2, 0.25) is 0 Å². The van der Waals surface area contributed by atoms with Crippen molar-refractivity contribution < 1.29 is 40.0 Å². The van der Waals surface area contributed by atoms with Crippen LogP contribution in [0.15, 0.2) is 28.1 Å². The van der Waals surface area contributed by atoms with Gasteiger partial charge < -0.3 is 41.6 Å². The van der Waals surface area contributed by atoms with Crippen LogP contribution in [0.25, 0.3) is 5.76 Å². The number of amides is 1. The number of fused-ring (bicyclic) bond motifs is 3. The Morgan fingerprint density at radius 3 is 2.36 bits per heavy atom. The number of benzene rings is 1. The van der Waals surface area contributed by atoms with Gasteiger partial charge in [0.15, 0.2) is 11.4 Å². The zero-order valence-electron chi connectivity index (χ0n) is 22.5. The summed E-state index contributed by atoms with van der Waals surface area (Å²) < 4.78 is 0. The molecule has 0 aromatic heterocycles. The van der Waals surface area contributed by atoms with E-state index in [0.717, 1.165) is 0 Å². The number of ketones is 2. The molecule has 1 fully saturated rings. The first-order valence-corrected chi connectivity index (χ1v) is 12.5. The molecule has 39 heavy (non-hydrogen) atoms. The molecule has 3 aliphatic carbocycles. The molecule has 1 amide bonds. The third-order valence-corrected chi connectivity index (χ3v) is 7.62. The number of Topliss-reactive ketones (excluding diaryl/α,β-unsaturated/α-hetero) is 2. The Bertz CT molecular complexity index is 1380. The van der Waals surface area contributed by atoms with Crippen LogP contribution in [-0.2, 0) is 27.3 Å². The van der Waals surface area contributed by atoms with Crippen LogP contribution >= 0.6 is 0 Å². The monoisotopic (exact) mass is 542 g/mol. The van der Waals surface area contributed by atoms with Crippen molar-refractivity contribution in [1.29, 1.82) is 0 Å². The molecule has 0 saturated heterocycles. The maximum atomic E-state index is 13.8. The summed E-state index contributed by atoms with van der Waals surface area (Å²) in [5, 5.41) is 60.5. The Morgan fingerprint density at radius 1 is 1.18 bits per heavy atom. The van der Waals surface area contributed by atoms with Gasteiger partial charge in [-0.3, -0.25) is 14.4 Å². The highest BCUT2D eigenvalue weighted by Crippen LogP contribution is 2.52. The number of carbonyl (C=O) groups is 3. The summed E-state index contributed by atoms with van der Waals surface area (Å²) in [5.41, 5.74) is 1.96. The summed E-state index contributed by atoms with van der Waals surface area (Å²) in [6.07, 6.45) is -0.0608. The molecule has 8 N–H and O–H groups in total. The molecular weight excluding hydrogens is 508 g/mol. The lowest BCUT2D eigenvalue weighted by molar-refractivity contribution is -0.153. The second-order valence-electron chi connectivity index (χ2n) is 11.8. The highest BCUT2D eigenvalue weighted by Gasteiger charge is 2.64. The zero-order valence-corrected chi connectivity index (χ0v) is 22.5. The first-order chi connectivity index (χ1) is 18.1. The van der Waals surface area contributed by atoms with Crippen molar-refractivity contribution in [3.63, 3.8) is 0 Å². The smallest absolute Gasteiger partial charge is 0.256 e. The molecular formula is C27H34N4O8. The van der Waals surface area contributed by atoms with Crippen LogP contribution in [-0.4, -0.2) is 75.1 Å². The molecule has 0 bridgehead atoms. The Labute approximate surface area is 225 Å². The van der Waals surface area contributed by atoms with Gasteiger partial charge in [0.25, 0.3) is 5.91 Å². The maximum Gasteiger partial charge on any atom is 0.256 e. The van der Waals surface area contributed by atoms with Crippen molar-refractivity contribution in [2.45, 2.75) is 45.8 Å². The number of allylic oxidation sites excluding steroid dienone is 1. The molecule has 3 aliphatic rings. The van der Waals surface area contributed by atoms with E-state index in [1.165, 1.54) is 0 Å². The number of nitrogens with zero attached hydrogens (tertiary/aromatic N) is 2. The fourth-order valence-electron chi connectivity index (χ4n) is 5.82. The van der Waals surface area contributed by atoms with Gasteiger partial charge >= 0.3 is 0 Å². The molecule has 210 valence electrons. The quantitative estimate of drug-likeness (QED) is 0.122. The number of aromatic hydroxyl groups is 1. The number of phenols is 1. The van der Waals surface area contributed by atoms with Gasteiger partial charge in [-0.2, -0.15) is 0 Å².